The number of hydrogen-bond acceptors (Lipinski definition) is 4. The maximum atomic E-state index is 14.0. The molecule has 2 aliphatic heterocycles. The summed E-state index contributed by atoms with van der Waals surface area (Å²) in [5.74, 6) is 0.936. The summed E-state index contributed by atoms with van der Waals surface area (Å²) in [6.45, 7) is 8.33. The van der Waals surface area contributed by atoms with Crippen molar-refractivity contribution < 1.29 is 9.18 Å². The van der Waals surface area contributed by atoms with Gasteiger partial charge in [0.1, 0.15) is 5.82 Å². The first-order chi connectivity index (χ1) is 14.9. The molecule has 9 heteroatoms. The van der Waals surface area contributed by atoms with E-state index in [0.717, 1.165) is 63.6 Å². The van der Waals surface area contributed by atoms with E-state index in [-0.39, 0.29) is 41.7 Å². The summed E-state index contributed by atoms with van der Waals surface area (Å²) >= 11 is 0. The zero-order chi connectivity index (χ0) is 22.4. The summed E-state index contributed by atoms with van der Waals surface area (Å²) in [5, 5.41) is 3.41. The Morgan fingerprint density at radius 1 is 1.12 bits per heavy atom. The molecule has 0 saturated carbocycles. The predicted octanol–water partition coefficient (Wildman–Crippen LogP) is 2.21. The monoisotopic (exact) mass is 560 g/mol. The van der Waals surface area contributed by atoms with Crippen molar-refractivity contribution in [1.29, 1.82) is 0 Å². The highest BCUT2D eigenvalue weighted by molar-refractivity contribution is 14.0. The lowest BCUT2D eigenvalue weighted by Crippen LogP contribution is -2.57. The van der Waals surface area contributed by atoms with Crippen LogP contribution in [0.5, 0.6) is 0 Å². The van der Waals surface area contributed by atoms with Gasteiger partial charge in [-0.15, -0.1) is 24.0 Å². The molecular weight excluding hydrogens is 522 g/mol. The standard InChI is InChI=1S/C23H37FN6O.HI/c1-18(22(31)29-9-5-6-10-29)28-11-13-30(14-12-28)23(25-2)26-16-19-7-8-21(24)20(15-19)17-27(3)4;/h7-8,15,18H,5-6,9-14,16-17H2,1-4H3,(H,25,26);1H. The molecule has 1 aromatic rings. The number of guanidine groups is 1. The van der Waals surface area contributed by atoms with Gasteiger partial charge >= 0.3 is 0 Å². The van der Waals surface area contributed by atoms with E-state index in [0.29, 0.717) is 18.7 Å². The lowest BCUT2D eigenvalue weighted by Gasteiger charge is -2.39. The van der Waals surface area contributed by atoms with Gasteiger partial charge in [0.15, 0.2) is 5.96 Å². The van der Waals surface area contributed by atoms with Gasteiger partial charge in [-0.05, 0) is 51.6 Å². The van der Waals surface area contributed by atoms with Crippen molar-refractivity contribution in [3.63, 3.8) is 0 Å². The molecule has 2 saturated heterocycles. The number of benzene rings is 1. The van der Waals surface area contributed by atoms with Crippen LogP contribution in [-0.4, -0.2) is 97.9 Å². The normalized spacial score (nSPS) is 18.6. The molecule has 1 unspecified atom stereocenters. The highest BCUT2D eigenvalue weighted by Gasteiger charge is 2.30. The van der Waals surface area contributed by atoms with Crippen LogP contribution in [0.15, 0.2) is 23.2 Å². The molecule has 32 heavy (non-hydrogen) atoms. The van der Waals surface area contributed by atoms with Crippen LogP contribution in [-0.2, 0) is 17.9 Å². The van der Waals surface area contributed by atoms with Crippen LogP contribution < -0.4 is 5.32 Å². The Labute approximate surface area is 209 Å². The molecular formula is C23H38FIN6O. The molecule has 0 aromatic heterocycles. The molecule has 2 aliphatic rings. The Kier molecular flexibility index (Phi) is 10.6. The molecule has 3 rings (SSSR count). The summed E-state index contributed by atoms with van der Waals surface area (Å²) in [4.78, 5) is 25.6. The first kappa shape index (κ1) is 26.8. The predicted molar refractivity (Wildman–Crippen MR) is 138 cm³/mol. The lowest BCUT2D eigenvalue weighted by molar-refractivity contribution is -0.135. The highest BCUT2D eigenvalue weighted by Crippen LogP contribution is 2.15. The molecule has 2 fully saturated rings. The molecule has 0 bridgehead atoms. The molecule has 180 valence electrons. The van der Waals surface area contributed by atoms with Gasteiger partial charge in [0, 0.05) is 65.0 Å². The fourth-order valence-corrected chi connectivity index (χ4v) is 4.39. The average Bonchev–Trinajstić information content (AvgIpc) is 3.30. The second-order valence-corrected chi connectivity index (χ2v) is 8.80. The molecule has 1 atom stereocenters. The molecule has 7 nitrogen and oxygen atoms in total. The van der Waals surface area contributed by atoms with E-state index in [2.05, 4.69) is 20.1 Å². The van der Waals surface area contributed by atoms with E-state index < -0.39 is 0 Å². The summed E-state index contributed by atoms with van der Waals surface area (Å²) in [7, 11) is 5.66. The number of nitrogens with one attached hydrogen (secondary N) is 1. The smallest absolute Gasteiger partial charge is 0.239 e. The minimum Gasteiger partial charge on any atom is -0.352 e. The van der Waals surface area contributed by atoms with Gasteiger partial charge in [-0.25, -0.2) is 4.39 Å². The van der Waals surface area contributed by atoms with Crippen molar-refractivity contribution in [2.45, 2.75) is 38.9 Å². The summed E-state index contributed by atoms with van der Waals surface area (Å²) in [6, 6.07) is 5.21. The second-order valence-electron chi connectivity index (χ2n) is 8.80. The number of carbonyl (C=O) groups is 1. The Morgan fingerprint density at radius 3 is 2.38 bits per heavy atom. The minimum absolute atomic E-state index is 0. The molecule has 2 heterocycles. The summed E-state index contributed by atoms with van der Waals surface area (Å²) in [6.07, 6.45) is 2.25. The van der Waals surface area contributed by atoms with E-state index in [9.17, 15) is 9.18 Å². The first-order valence-corrected chi connectivity index (χ1v) is 11.3. The molecule has 0 spiro atoms. The molecule has 1 N–H and O–H groups in total. The Hall–Kier alpha value is -1.46. The second kappa shape index (κ2) is 12.7. The van der Waals surface area contributed by atoms with Crippen LogP contribution in [0.4, 0.5) is 4.39 Å². The fourth-order valence-electron chi connectivity index (χ4n) is 4.39. The molecule has 0 radical (unpaired) electrons. The number of nitrogens with zero attached hydrogens (tertiary/aromatic N) is 5. The maximum Gasteiger partial charge on any atom is 0.239 e. The molecule has 0 aliphatic carbocycles. The van der Waals surface area contributed by atoms with Crippen molar-refractivity contribution in [3.05, 3.63) is 35.1 Å². The van der Waals surface area contributed by atoms with Crippen LogP contribution in [0.1, 0.15) is 30.9 Å². The third-order valence-electron chi connectivity index (χ3n) is 6.20. The number of likely N-dealkylation sites (tertiary alicyclic amines) is 1. The van der Waals surface area contributed by atoms with E-state index in [1.165, 1.54) is 6.07 Å². The zero-order valence-electron chi connectivity index (χ0n) is 19.8. The summed E-state index contributed by atoms with van der Waals surface area (Å²) in [5.41, 5.74) is 1.73. The van der Waals surface area contributed by atoms with Gasteiger partial charge in [0.05, 0.1) is 6.04 Å². The van der Waals surface area contributed by atoms with Crippen molar-refractivity contribution in [2.24, 2.45) is 4.99 Å². The van der Waals surface area contributed by atoms with Crippen LogP contribution >= 0.6 is 24.0 Å². The lowest BCUT2D eigenvalue weighted by atomic mass is 10.1. The van der Waals surface area contributed by atoms with Crippen LogP contribution in [0.2, 0.25) is 0 Å². The fraction of sp³-hybridized carbons (Fsp3) is 0.652. The van der Waals surface area contributed by atoms with Crippen molar-refractivity contribution in [3.8, 4) is 0 Å². The van der Waals surface area contributed by atoms with Gasteiger partial charge in [0.25, 0.3) is 0 Å². The van der Waals surface area contributed by atoms with E-state index in [4.69, 9.17) is 0 Å². The highest BCUT2D eigenvalue weighted by atomic mass is 127. The number of carbonyl (C=O) groups excluding carboxylic acids is 1. The van der Waals surface area contributed by atoms with E-state index in [1.54, 1.807) is 7.05 Å². The van der Waals surface area contributed by atoms with Gasteiger partial charge in [-0.1, -0.05) is 6.07 Å². The van der Waals surface area contributed by atoms with Gasteiger partial charge in [-0.3, -0.25) is 14.7 Å². The van der Waals surface area contributed by atoms with Crippen molar-refractivity contribution in [2.75, 3.05) is 60.4 Å². The third kappa shape index (κ3) is 7.02. The Bertz CT molecular complexity index is 776. The number of halogens is 2. The van der Waals surface area contributed by atoms with Gasteiger partial charge in [-0.2, -0.15) is 0 Å². The van der Waals surface area contributed by atoms with Crippen molar-refractivity contribution >= 4 is 35.8 Å². The average molecular weight is 561 g/mol. The van der Waals surface area contributed by atoms with E-state index in [1.807, 2.05) is 43.0 Å². The molecule has 1 aromatic carbocycles. The topological polar surface area (TPSA) is 54.4 Å². The van der Waals surface area contributed by atoms with Crippen LogP contribution in [0, 0.1) is 5.82 Å². The SMILES string of the molecule is CN=C(NCc1ccc(F)c(CN(C)C)c1)N1CCN(C(C)C(=O)N2CCCC2)CC1.I. The van der Waals surface area contributed by atoms with E-state index >= 15 is 0 Å². The minimum atomic E-state index is -0.171. The number of aliphatic imine (C=N–C) groups is 1. The number of amides is 1. The number of rotatable bonds is 6. The largest absolute Gasteiger partial charge is 0.352 e. The third-order valence-corrected chi connectivity index (χ3v) is 6.20. The van der Waals surface area contributed by atoms with Crippen LogP contribution in [0.3, 0.4) is 0 Å². The Morgan fingerprint density at radius 2 is 1.78 bits per heavy atom. The van der Waals surface area contributed by atoms with Gasteiger partial charge in [0.2, 0.25) is 5.91 Å². The Balaban J connectivity index is 0.00000363. The zero-order valence-corrected chi connectivity index (χ0v) is 22.1. The first-order valence-electron chi connectivity index (χ1n) is 11.3. The number of hydrogen-bond donors (Lipinski definition) is 1. The van der Waals surface area contributed by atoms with Gasteiger partial charge < -0.3 is 20.0 Å². The van der Waals surface area contributed by atoms with Crippen LogP contribution in [0.25, 0.3) is 0 Å². The molecule has 1 amide bonds. The number of piperazine rings is 1. The quantitative estimate of drug-likeness (QED) is 0.329. The van der Waals surface area contributed by atoms with Crippen molar-refractivity contribution in [1.82, 2.24) is 24.9 Å². The maximum absolute atomic E-state index is 14.0. The summed E-state index contributed by atoms with van der Waals surface area (Å²) < 4.78 is 14.0.